The Hall–Kier alpha value is -2.99. The molecule has 14 heteroatoms. The Morgan fingerprint density at radius 3 is 2.00 bits per heavy atom. The quantitative estimate of drug-likeness (QED) is 0.248. The standard InChI is InChI=1S/C30H31Cl3F3N3O4S/c1-29(2,3)37-28(41)26(15-19-9-6-5-7-10-19)38(17-21-23(31)11-8-12-24(21)32)27(40)18-39(44(4,42)43)20-13-14-25(33)22(16-20)30(34,35)36/h5-14,16,26H,15,17-18H2,1-4H3,(H,37,41). The highest BCUT2D eigenvalue weighted by atomic mass is 35.5. The molecule has 0 heterocycles. The Morgan fingerprint density at radius 1 is 0.886 bits per heavy atom. The molecular formula is C30H31Cl3F3N3O4S. The average molecular weight is 693 g/mol. The second kappa shape index (κ2) is 14.0. The third-order valence-electron chi connectivity index (χ3n) is 6.38. The molecule has 1 unspecified atom stereocenters. The molecule has 7 nitrogen and oxygen atoms in total. The van der Waals surface area contributed by atoms with Crippen LogP contribution < -0.4 is 9.62 Å². The fourth-order valence-electron chi connectivity index (χ4n) is 4.36. The third-order valence-corrected chi connectivity index (χ3v) is 8.56. The predicted octanol–water partition coefficient (Wildman–Crippen LogP) is 6.99. The summed E-state index contributed by atoms with van der Waals surface area (Å²) in [4.78, 5) is 29.1. The first-order valence-electron chi connectivity index (χ1n) is 13.2. The third kappa shape index (κ3) is 9.50. The van der Waals surface area contributed by atoms with Gasteiger partial charge in [0.25, 0.3) is 0 Å². The van der Waals surface area contributed by atoms with Crippen molar-refractivity contribution in [3.8, 4) is 0 Å². The molecule has 0 aliphatic rings. The van der Waals surface area contributed by atoms with Gasteiger partial charge >= 0.3 is 6.18 Å². The van der Waals surface area contributed by atoms with Crippen molar-refractivity contribution >= 4 is 62.3 Å². The summed E-state index contributed by atoms with van der Waals surface area (Å²) in [5.74, 6) is -1.44. The van der Waals surface area contributed by atoms with Crippen molar-refractivity contribution < 1.29 is 31.2 Å². The normalized spacial score (nSPS) is 12.9. The number of rotatable bonds is 10. The number of amides is 2. The zero-order chi connectivity index (χ0) is 33.0. The largest absolute Gasteiger partial charge is 0.417 e. The highest BCUT2D eigenvalue weighted by Crippen LogP contribution is 2.37. The minimum Gasteiger partial charge on any atom is -0.350 e. The van der Waals surface area contributed by atoms with Crippen molar-refractivity contribution in [2.24, 2.45) is 0 Å². The Bertz CT molecular complexity index is 1590. The summed E-state index contributed by atoms with van der Waals surface area (Å²) in [5, 5.41) is 2.61. The van der Waals surface area contributed by atoms with Crippen LogP contribution >= 0.6 is 34.8 Å². The van der Waals surface area contributed by atoms with Crippen LogP contribution in [0.2, 0.25) is 15.1 Å². The molecule has 0 aliphatic heterocycles. The second-order valence-corrected chi connectivity index (χ2v) is 14.2. The fraction of sp³-hybridized carbons (Fsp3) is 0.333. The smallest absolute Gasteiger partial charge is 0.350 e. The molecule has 3 aromatic rings. The molecule has 0 saturated heterocycles. The van der Waals surface area contributed by atoms with Gasteiger partial charge in [-0.15, -0.1) is 0 Å². The van der Waals surface area contributed by atoms with Crippen LogP contribution in [-0.2, 0) is 38.8 Å². The molecule has 0 bridgehead atoms. The molecule has 1 N–H and O–H groups in total. The summed E-state index contributed by atoms with van der Waals surface area (Å²) in [6.07, 6.45) is -4.11. The van der Waals surface area contributed by atoms with Crippen LogP contribution in [0.3, 0.4) is 0 Å². The number of hydrogen-bond donors (Lipinski definition) is 1. The van der Waals surface area contributed by atoms with Crippen LogP contribution in [0.15, 0.2) is 66.7 Å². The van der Waals surface area contributed by atoms with Gasteiger partial charge in [0.2, 0.25) is 21.8 Å². The van der Waals surface area contributed by atoms with Crippen LogP contribution in [0.5, 0.6) is 0 Å². The van der Waals surface area contributed by atoms with Gasteiger partial charge in [-0.2, -0.15) is 13.2 Å². The van der Waals surface area contributed by atoms with E-state index in [1.54, 1.807) is 69.3 Å². The lowest BCUT2D eigenvalue weighted by atomic mass is 10.0. The number of sulfonamides is 1. The van der Waals surface area contributed by atoms with E-state index in [2.05, 4.69) is 5.32 Å². The molecule has 238 valence electrons. The Balaban J connectivity index is 2.16. The van der Waals surface area contributed by atoms with Crippen molar-refractivity contribution in [3.63, 3.8) is 0 Å². The van der Waals surface area contributed by atoms with Gasteiger partial charge in [-0.1, -0.05) is 71.2 Å². The van der Waals surface area contributed by atoms with E-state index in [1.165, 1.54) is 0 Å². The number of carbonyl (C=O) groups excluding carboxylic acids is 2. The summed E-state index contributed by atoms with van der Waals surface area (Å²) in [7, 11) is -4.32. The Kier molecular flexibility index (Phi) is 11.3. The number of carbonyl (C=O) groups is 2. The lowest BCUT2D eigenvalue weighted by molar-refractivity contribution is -0.140. The summed E-state index contributed by atoms with van der Waals surface area (Å²) < 4.78 is 67.3. The molecule has 0 saturated carbocycles. The Morgan fingerprint density at radius 2 is 1.48 bits per heavy atom. The second-order valence-electron chi connectivity index (χ2n) is 11.1. The molecular weight excluding hydrogens is 662 g/mol. The molecule has 3 rings (SSSR count). The summed E-state index contributed by atoms with van der Waals surface area (Å²) in [5.41, 5.74) is -1.44. The first-order valence-corrected chi connectivity index (χ1v) is 16.2. The van der Waals surface area contributed by atoms with Crippen LogP contribution in [0, 0.1) is 0 Å². The summed E-state index contributed by atoms with van der Waals surface area (Å²) >= 11 is 18.6. The first-order chi connectivity index (χ1) is 20.3. The molecule has 0 radical (unpaired) electrons. The molecule has 1 atom stereocenters. The van der Waals surface area contributed by atoms with Gasteiger partial charge in [0.05, 0.1) is 22.5 Å². The van der Waals surface area contributed by atoms with Crippen LogP contribution in [0.1, 0.15) is 37.5 Å². The molecule has 0 spiro atoms. The van der Waals surface area contributed by atoms with E-state index in [0.717, 1.165) is 23.3 Å². The minimum atomic E-state index is -4.89. The van der Waals surface area contributed by atoms with Crippen molar-refractivity contribution in [1.82, 2.24) is 10.2 Å². The van der Waals surface area contributed by atoms with Gasteiger partial charge in [0.15, 0.2) is 0 Å². The minimum absolute atomic E-state index is 0.0224. The van der Waals surface area contributed by atoms with E-state index in [-0.39, 0.29) is 23.0 Å². The van der Waals surface area contributed by atoms with Gasteiger partial charge < -0.3 is 10.2 Å². The highest BCUT2D eigenvalue weighted by molar-refractivity contribution is 7.92. The summed E-state index contributed by atoms with van der Waals surface area (Å²) in [6, 6.07) is 14.8. The number of alkyl halides is 3. The van der Waals surface area contributed by atoms with Crippen molar-refractivity contribution in [1.29, 1.82) is 0 Å². The van der Waals surface area contributed by atoms with E-state index >= 15 is 0 Å². The first kappa shape index (κ1) is 35.5. The van der Waals surface area contributed by atoms with E-state index in [9.17, 15) is 31.2 Å². The van der Waals surface area contributed by atoms with Gasteiger partial charge in [-0.05, 0) is 56.7 Å². The molecule has 0 fully saturated rings. The zero-order valence-electron chi connectivity index (χ0n) is 24.3. The lowest BCUT2D eigenvalue weighted by Crippen LogP contribution is -2.56. The number of hydrogen-bond acceptors (Lipinski definition) is 4. The number of anilines is 1. The highest BCUT2D eigenvalue weighted by Gasteiger charge is 2.37. The maximum absolute atomic E-state index is 14.2. The van der Waals surface area contributed by atoms with E-state index < -0.39 is 62.4 Å². The van der Waals surface area contributed by atoms with E-state index in [1.807, 2.05) is 0 Å². The topological polar surface area (TPSA) is 86.8 Å². The van der Waals surface area contributed by atoms with Gasteiger partial charge in [-0.3, -0.25) is 13.9 Å². The van der Waals surface area contributed by atoms with Crippen molar-refractivity contribution in [2.45, 2.75) is 51.5 Å². The lowest BCUT2D eigenvalue weighted by Gasteiger charge is -2.35. The van der Waals surface area contributed by atoms with Crippen LogP contribution in [0.4, 0.5) is 18.9 Å². The number of benzene rings is 3. The maximum atomic E-state index is 14.2. The van der Waals surface area contributed by atoms with Crippen molar-refractivity contribution in [3.05, 3.63) is 98.5 Å². The molecule has 3 aromatic carbocycles. The zero-order valence-corrected chi connectivity index (χ0v) is 27.3. The molecule has 0 aliphatic carbocycles. The van der Waals surface area contributed by atoms with Gasteiger partial charge in [0, 0.05) is 34.1 Å². The molecule has 0 aromatic heterocycles. The molecule has 2 amide bonds. The Labute approximate surface area is 269 Å². The molecule has 44 heavy (non-hydrogen) atoms. The van der Waals surface area contributed by atoms with E-state index in [4.69, 9.17) is 34.8 Å². The number of nitrogens with zero attached hydrogens (tertiary/aromatic N) is 2. The van der Waals surface area contributed by atoms with Crippen LogP contribution in [-0.4, -0.2) is 49.5 Å². The van der Waals surface area contributed by atoms with Crippen LogP contribution in [0.25, 0.3) is 0 Å². The van der Waals surface area contributed by atoms with Gasteiger partial charge in [0.1, 0.15) is 12.6 Å². The van der Waals surface area contributed by atoms with Crippen molar-refractivity contribution in [2.75, 3.05) is 17.1 Å². The summed E-state index contributed by atoms with van der Waals surface area (Å²) in [6.45, 7) is 4.02. The fourth-order valence-corrected chi connectivity index (χ4v) is 5.94. The predicted molar refractivity (Wildman–Crippen MR) is 167 cm³/mol. The maximum Gasteiger partial charge on any atom is 0.417 e. The van der Waals surface area contributed by atoms with Gasteiger partial charge in [-0.25, -0.2) is 8.42 Å². The average Bonchev–Trinajstić information content (AvgIpc) is 2.89. The van der Waals surface area contributed by atoms with E-state index in [0.29, 0.717) is 21.5 Å². The number of nitrogens with one attached hydrogen (secondary N) is 1. The SMILES string of the molecule is CC(C)(C)NC(=O)C(Cc1ccccc1)N(Cc1c(Cl)cccc1Cl)C(=O)CN(c1ccc(Cl)c(C(F)(F)F)c1)S(C)(=O)=O. The number of halogens is 6. The monoisotopic (exact) mass is 691 g/mol.